The third-order valence-electron chi connectivity index (χ3n) is 0.641. The van der Waals surface area contributed by atoms with E-state index in [9.17, 15) is 0 Å². The quantitative estimate of drug-likeness (QED) is 0.343. The Kier molecular flexibility index (Phi) is 4.68. The summed E-state index contributed by atoms with van der Waals surface area (Å²) in [5, 5.41) is 9.43. The van der Waals surface area contributed by atoms with E-state index in [0.29, 0.717) is 5.17 Å². The number of rotatable bonds is 0. The molecule has 52 valence electrons. The van der Waals surface area contributed by atoms with Gasteiger partial charge in [-0.3, -0.25) is 5.21 Å². The van der Waals surface area contributed by atoms with Gasteiger partial charge in [0.2, 0.25) is 5.29 Å². The molecule has 0 bridgehead atoms. The van der Waals surface area contributed by atoms with Crippen LogP contribution in [0.25, 0.3) is 0 Å². The normalized spacial score (nSPS) is 16.5. The van der Waals surface area contributed by atoms with Crippen LogP contribution in [0.4, 0.5) is 0 Å². The van der Waals surface area contributed by atoms with Gasteiger partial charge < -0.3 is 1.43 Å². The minimum Gasteiger partial charge on any atom is -1.00 e. The first-order chi connectivity index (χ1) is 4.18. The summed E-state index contributed by atoms with van der Waals surface area (Å²) in [5.41, 5.74) is 2.25. The topological polar surface area (TPSA) is 47.9 Å². The molecule has 0 aromatic rings. The van der Waals surface area contributed by atoms with Gasteiger partial charge in [0.1, 0.15) is 0 Å². The van der Waals surface area contributed by atoms with E-state index in [2.05, 4.69) is 10.4 Å². The average molecular weight is 192 g/mol. The van der Waals surface area contributed by atoms with E-state index in [1.165, 1.54) is 6.20 Å². The van der Waals surface area contributed by atoms with Crippen molar-refractivity contribution >= 4 is 28.5 Å². The third kappa shape index (κ3) is 3.09. The molecule has 0 fully saturated rings. The molecule has 0 saturated heterocycles. The summed E-state index contributed by atoms with van der Waals surface area (Å²) in [4.78, 5) is 3.53. The van der Waals surface area contributed by atoms with Crippen molar-refractivity contribution in [3.05, 3.63) is 11.4 Å². The Hall–Kier alpha value is 0.550. The molecule has 4 nitrogen and oxygen atoms in total. The van der Waals surface area contributed by atoms with Crippen molar-refractivity contribution in [1.82, 2.24) is 10.6 Å². The molecule has 0 aliphatic carbocycles. The summed E-state index contributed by atoms with van der Waals surface area (Å²) in [5.74, 6) is 0. The summed E-state index contributed by atoms with van der Waals surface area (Å²) in [7, 11) is 0. The van der Waals surface area contributed by atoms with Crippen molar-refractivity contribution in [2.75, 3.05) is 0 Å². The number of hydroxylamine groups is 1. The van der Waals surface area contributed by atoms with Crippen LogP contribution in [0.1, 0.15) is 1.43 Å². The fourth-order valence-corrected chi connectivity index (χ4v) is 0.773. The molecule has 10 heavy (non-hydrogen) atoms. The monoisotopic (exact) mass is 191 g/mol. The zero-order valence-electron chi connectivity index (χ0n) is 6.17. The van der Waals surface area contributed by atoms with Gasteiger partial charge in [0.05, 0.1) is 6.20 Å². The Bertz CT molecular complexity index is 187. The Labute approximate surface area is 91.2 Å². The Balaban J connectivity index is 0. The van der Waals surface area contributed by atoms with E-state index in [-0.39, 0.29) is 41.4 Å². The first-order valence-electron chi connectivity index (χ1n) is 2.05. The van der Waals surface area contributed by atoms with Crippen molar-refractivity contribution in [2.24, 2.45) is 4.99 Å². The maximum atomic E-state index is 8.65. The van der Waals surface area contributed by atoms with Gasteiger partial charge >= 0.3 is 29.6 Å². The molecule has 1 heterocycles. The second-order valence-electron chi connectivity index (χ2n) is 1.31. The minimum atomic E-state index is 0. The maximum absolute atomic E-state index is 8.65. The Morgan fingerprint density at radius 2 is 2.30 bits per heavy atom. The summed E-state index contributed by atoms with van der Waals surface area (Å²) in [6, 6.07) is 0. The van der Waals surface area contributed by atoms with Crippen LogP contribution in [0, 0.1) is 0 Å². The molecule has 0 atom stereocenters. The predicted molar refractivity (Wildman–Crippen MR) is 35.1 cm³/mol. The molecule has 0 spiro atoms. The van der Waals surface area contributed by atoms with Gasteiger partial charge in [-0.1, -0.05) is 11.6 Å². The zero-order valence-corrected chi connectivity index (χ0v) is 8.69. The second kappa shape index (κ2) is 4.43. The standard InChI is InChI=1S/C3H3Cl2N3O.Na.H/c4-2-1-8(9)7-3(5)6-2;;/h1,9H,(H,6,7);;/q;+1;-1. The number of hydrazine groups is 1. The van der Waals surface area contributed by atoms with Gasteiger partial charge in [-0.15, -0.1) is 0 Å². The second-order valence-corrected chi connectivity index (χ2v) is 2.06. The molecule has 1 aliphatic heterocycles. The number of amidine groups is 1. The van der Waals surface area contributed by atoms with Gasteiger partial charge in [-0.25, -0.2) is 10.4 Å². The molecule has 1 rings (SSSR count). The van der Waals surface area contributed by atoms with Gasteiger partial charge in [0.25, 0.3) is 0 Å². The van der Waals surface area contributed by atoms with Crippen LogP contribution in [-0.2, 0) is 0 Å². The van der Waals surface area contributed by atoms with E-state index in [0.717, 1.165) is 0 Å². The molecular formula is C3H4Cl2N3NaO. The zero-order chi connectivity index (χ0) is 6.85. The Morgan fingerprint density at radius 3 is 2.70 bits per heavy atom. The first kappa shape index (κ1) is 10.6. The molecule has 1 aliphatic rings. The van der Waals surface area contributed by atoms with Crippen LogP contribution in [-0.4, -0.2) is 15.7 Å². The van der Waals surface area contributed by atoms with E-state index in [4.69, 9.17) is 28.4 Å². The van der Waals surface area contributed by atoms with Gasteiger partial charge in [-0.2, -0.15) is 5.17 Å². The van der Waals surface area contributed by atoms with E-state index < -0.39 is 0 Å². The fraction of sp³-hybridized carbons (Fsp3) is 0. The van der Waals surface area contributed by atoms with Crippen LogP contribution in [0.3, 0.4) is 0 Å². The number of halogens is 2. The summed E-state index contributed by atoms with van der Waals surface area (Å²) >= 11 is 10.7. The molecule has 0 aromatic heterocycles. The minimum absolute atomic E-state index is 0. The first-order valence-corrected chi connectivity index (χ1v) is 2.80. The Morgan fingerprint density at radius 1 is 1.70 bits per heavy atom. The molecule has 0 radical (unpaired) electrons. The molecule has 0 unspecified atom stereocenters. The smallest absolute Gasteiger partial charge is 1.00 e. The van der Waals surface area contributed by atoms with Crippen LogP contribution >= 0.6 is 23.2 Å². The summed E-state index contributed by atoms with van der Waals surface area (Å²) in [6.07, 6.45) is 1.17. The summed E-state index contributed by atoms with van der Waals surface area (Å²) < 4.78 is 0. The number of hydrogen-bond acceptors (Lipinski definition) is 4. The average Bonchev–Trinajstić information content (AvgIpc) is 1.59. The number of nitrogens with zero attached hydrogens (tertiary/aromatic N) is 2. The van der Waals surface area contributed by atoms with E-state index >= 15 is 0 Å². The van der Waals surface area contributed by atoms with Gasteiger partial charge in [-0.05, 0) is 11.6 Å². The fourth-order valence-electron chi connectivity index (χ4n) is 0.375. The van der Waals surface area contributed by atoms with Gasteiger partial charge in [0, 0.05) is 0 Å². The van der Waals surface area contributed by atoms with Crippen LogP contribution in [0.15, 0.2) is 16.3 Å². The number of hydrogen-bond donors (Lipinski definition) is 2. The molecule has 2 N–H and O–H groups in total. The van der Waals surface area contributed by atoms with E-state index in [1.54, 1.807) is 0 Å². The van der Waals surface area contributed by atoms with Gasteiger partial charge in [0.15, 0.2) is 5.16 Å². The SMILES string of the molecule is ON1C=C(Cl)N=C(Cl)N1.[H-].[Na+]. The number of aliphatic imine (C=N–C) groups is 1. The largest absolute Gasteiger partial charge is 1.00 e. The van der Waals surface area contributed by atoms with Crippen molar-refractivity contribution < 1.29 is 36.2 Å². The molecule has 7 heteroatoms. The van der Waals surface area contributed by atoms with Crippen molar-refractivity contribution in [1.29, 1.82) is 0 Å². The number of nitrogens with one attached hydrogen (secondary N) is 1. The molecular weight excluding hydrogens is 188 g/mol. The molecule has 0 saturated carbocycles. The summed E-state index contributed by atoms with van der Waals surface area (Å²) in [6.45, 7) is 0. The third-order valence-corrected chi connectivity index (χ3v) is 0.992. The van der Waals surface area contributed by atoms with Crippen molar-refractivity contribution in [3.63, 3.8) is 0 Å². The maximum Gasteiger partial charge on any atom is 1.00 e. The van der Waals surface area contributed by atoms with Crippen LogP contribution in [0.5, 0.6) is 0 Å². The molecule has 0 amide bonds. The van der Waals surface area contributed by atoms with Crippen LogP contribution < -0.4 is 35.0 Å². The van der Waals surface area contributed by atoms with Crippen molar-refractivity contribution in [3.8, 4) is 0 Å². The molecule has 0 aromatic carbocycles. The van der Waals surface area contributed by atoms with Crippen molar-refractivity contribution in [2.45, 2.75) is 0 Å². The van der Waals surface area contributed by atoms with Crippen LogP contribution in [0.2, 0.25) is 0 Å². The predicted octanol–water partition coefficient (Wildman–Crippen LogP) is -2.06. The van der Waals surface area contributed by atoms with E-state index in [1.807, 2.05) is 0 Å².